The number of ether oxygens (including phenoxy) is 1. The summed E-state index contributed by atoms with van der Waals surface area (Å²) in [5, 5.41) is 3.73. The minimum absolute atomic E-state index is 0.747. The average Bonchev–Trinajstić information content (AvgIpc) is 2.94. The summed E-state index contributed by atoms with van der Waals surface area (Å²) in [6.45, 7) is 6.90. The maximum atomic E-state index is 5.29. The molecule has 3 nitrogen and oxygen atoms in total. The molecule has 1 saturated heterocycles. The van der Waals surface area contributed by atoms with Crippen LogP contribution in [-0.4, -0.2) is 50.3 Å². The third-order valence-electron chi connectivity index (χ3n) is 4.32. The number of nitrogens with zero attached hydrogens (tertiary/aromatic N) is 1. The Morgan fingerprint density at radius 1 is 1.29 bits per heavy atom. The van der Waals surface area contributed by atoms with E-state index in [0.717, 1.165) is 24.6 Å². The molecule has 1 N–H and O–H groups in total. The molecule has 0 radical (unpaired) electrons. The largest absolute Gasteiger partial charge is 0.384 e. The molecule has 100 valence electrons. The van der Waals surface area contributed by atoms with Crippen LogP contribution in [0.1, 0.15) is 39.0 Å². The van der Waals surface area contributed by atoms with Crippen LogP contribution in [-0.2, 0) is 4.74 Å². The van der Waals surface area contributed by atoms with Crippen molar-refractivity contribution in [2.24, 2.45) is 5.92 Å². The average molecular weight is 240 g/mol. The zero-order valence-electron chi connectivity index (χ0n) is 11.5. The summed E-state index contributed by atoms with van der Waals surface area (Å²) in [6.07, 6.45) is 6.73. The van der Waals surface area contributed by atoms with Crippen molar-refractivity contribution in [3.05, 3.63) is 0 Å². The predicted molar refractivity (Wildman–Crippen MR) is 71.3 cm³/mol. The van der Waals surface area contributed by atoms with Crippen LogP contribution in [0.2, 0.25) is 0 Å². The molecule has 1 aliphatic heterocycles. The van der Waals surface area contributed by atoms with Gasteiger partial charge in [-0.15, -0.1) is 0 Å². The summed E-state index contributed by atoms with van der Waals surface area (Å²) < 4.78 is 5.29. The lowest BCUT2D eigenvalue weighted by atomic mass is 10.1. The minimum atomic E-state index is 0.747. The van der Waals surface area contributed by atoms with Crippen LogP contribution in [0.3, 0.4) is 0 Å². The van der Waals surface area contributed by atoms with Gasteiger partial charge in [0.1, 0.15) is 0 Å². The third kappa shape index (κ3) is 3.43. The highest BCUT2D eigenvalue weighted by atomic mass is 16.5. The molecule has 0 bridgehead atoms. The SMILES string of the molecule is CCCNC1CCCC1N1CCC(COC)C1. The van der Waals surface area contributed by atoms with Crippen LogP contribution in [0.15, 0.2) is 0 Å². The molecule has 2 aliphatic rings. The van der Waals surface area contributed by atoms with Crippen molar-refractivity contribution >= 4 is 0 Å². The van der Waals surface area contributed by atoms with Gasteiger partial charge >= 0.3 is 0 Å². The van der Waals surface area contributed by atoms with Gasteiger partial charge < -0.3 is 10.1 Å². The molecule has 1 heterocycles. The van der Waals surface area contributed by atoms with Crippen molar-refractivity contribution in [1.29, 1.82) is 0 Å². The van der Waals surface area contributed by atoms with E-state index in [9.17, 15) is 0 Å². The van der Waals surface area contributed by atoms with E-state index in [4.69, 9.17) is 4.74 Å². The molecule has 0 spiro atoms. The Bertz CT molecular complexity index is 222. The molecule has 2 fully saturated rings. The van der Waals surface area contributed by atoms with Crippen LogP contribution < -0.4 is 5.32 Å². The maximum absolute atomic E-state index is 5.29. The Hall–Kier alpha value is -0.120. The maximum Gasteiger partial charge on any atom is 0.0503 e. The van der Waals surface area contributed by atoms with Gasteiger partial charge in [-0.05, 0) is 44.7 Å². The van der Waals surface area contributed by atoms with Crippen LogP contribution in [0.5, 0.6) is 0 Å². The lowest BCUT2D eigenvalue weighted by Gasteiger charge is -2.30. The van der Waals surface area contributed by atoms with E-state index in [0.29, 0.717) is 0 Å². The second kappa shape index (κ2) is 6.72. The van der Waals surface area contributed by atoms with Crippen LogP contribution >= 0.6 is 0 Å². The number of rotatable bonds is 6. The summed E-state index contributed by atoms with van der Waals surface area (Å²) in [5.41, 5.74) is 0. The Morgan fingerprint density at radius 2 is 2.18 bits per heavy atom. The Balaban J connectivity index is 1.80. The fourth-order valence-corrected chi connectivity index (χ4v) is 3.48. The highest BCUT2D eigenvalue weighted by molar-refractivity contribution is 4.93. The molecule has 1 saturated carbocycles. The molecule has 3 atom stereocenters. The van der Waals surface area contributed by atoms with Crippen LogP contribution in [0, 0.1) is 5.92 Å². The van der Waals surface area contributed by atoms with Gasteiger partial charge in [-0.3, -0.25) is 4.90 Å². The van der Waals surface area contributed by atoms with E-state index in [1.807, 2.05) is 7.11 Å². The van der Waals surface area contributed by atoms with Crippen molar-refractivity contribution in [2.75, 3.05) is 33.4 Å². The van der Waals surface area contributed by atoms with Gasteiger partial charge in [0.15, 0.2) is 0 Å². The number of nitrogens with one attached hydrogen (secondary N) is 1. The standard InChI is InChI=1S/C14H28N2O/c1-3-8-15-13-5-4-6-14(13)16-9-7-12(10-16)11-17-2/h12-15H,3-11H2,1-2H3. The van der Waals surface area contributed by atoms with E-state index in [-0.39, 0.29) is 0 Å². The molecule has 2 rings (SSSR count). The Kier molecular flexibility index (Phi) is 5.26. The molecular weight excluding hydrogens is 212 g/mol. The van der Waals surface area contributed by atoms with E-state index < -0.39 is 0 Å². The second-order valence-corrected chi connectivity index (χ2v) is 5.66. The van der Waals surface area contributed by atoms with Gasteiger partial charge in [0, 0.05) is 25.7 Å². The van der Waals surface area contributed by atoms with E-state index in [2.05, 4.69) is 17.1 Å². The summed E-state index contributed by atoms with van der Waals surface area (Å²) in [6, 6.07) is 1.54. The van der Waals surface area contributed by atoms with Crippen molar-refractivity contribution in [1.82, 2.24) is 10.2 Å². The first-order valence-electron chi connectivity index (χ1n) is 7.31. The van der Waals surface area contributed by atoms with Crippen LogP contribution in [0.4, 0.5) is 0 Å². The molecule has 0 aromatic carbocycles. The lowest BCUT2D eigenvalue weighted by Crippen LogP contribution is -2.46. The van der Waals surface area contributed by atoms with Crippen molar-refractivity contribution in [3.8, 4) is 0 Å². The summed E-state index contributed by atoms with van der Waals surface area (Å²) in [5.74, 6) is 0.771. The summed E-state index contributed by atoms with van der Waals surface area (Å²) >= 11 is 0. The molecule has 17 heavy (non-hydrogen) atoms. The highest BCUT2D eigenvalue weighted by Crippen LogP contribution is 2.29. The van der Waals surface area contributed by atoms with Crippen molar-refractivity contribution in [2.45, 2.75) is 51.1 Å². The minimum Gasteiger partial charge on any atom is -0.384 e. The smallest absolute Gasteiger partial charge is 0.0503 e. The molecule has 0 amide bonds. The van der Waals surface area contributed by atoms with Crippen molar-refractivity contribution < 1.29 is 4.74 Å². The van der Waals surface area contributed by atoms with Gasteiger partial charge in [-0.25, -0.2) is 0 Å². The van der Waals surface area contributed by atoms with Gasteiger partial charge in [-0.1, -0.05) is 13.3 Å². The first-order valence-corrected chi connectivity index (χ1v) is 7.31. The number of hydrogen-bond acceptors (Lipinski definition) is 3. The summed E-state index contributed by atoms with van der Waals surface area (Å²) in [4.78, 5) is 2.71. The molecule has 3 heteroatoms. The van der Waals surface area contributed by atoms with E-state index in [1.165, 1.54) is 51.7 Å². The molecule has 0 aromatic rings. The first-order chi connectivity index (χ1) is 8.35. The lowest BCUT2D eigenvalue weighted by molar-refractivity contribution is 0.143. The molecule has 1 aliphatic carbocycles. The topological polar surface area (TPSA) is 24.5 Å². The Morgan fingerprint density at radius 3 is 2.94 bits per heavy atom. The molecular formula is C14H28N2O. The van der Waals surface area contributed by atoms with Crippen LogP contribution in [0.25, 0.3) is 0 Å². The fraction of sp³-hybridized carbons (Fsp3) is 1.00. The highest BCUT2D eigenvalue weighted by Gasteiger charge is 2.35. The molecule has 3 unspecified atom stereocenters. The number of methoxy groups -OCH3 is 1. The zero-order chi connectivity index (χ0) is 12.1. The van der Waals surface area contributed by atoms with Gasteiger partial charge in [-0.2, -0.15) is 0 Å². The first kappa shape index (κ1) is 13.3. The zero-order valence-corrected chi connectivity index (χ0v) is 11.5. The van der Waals surface area contributed by atoms with E-state index >= 15 is 0 Å². The number of hydrogen-bond donors (Lipinski definition) is 1. The Labute approximate surface area is 106 Å². The van der Waals surface area contributed by atoms with E-state index in [1.54, 1.807) is 0 Å². The second-order valence-electron chi connectivity index (χ2n) is 5.66. The van der Waals surface area contributed by atoms with Gasteiger partial charge in [0.05, 0.1) is 6.61 Å². The van der Waals surface area contributed by atoms with Crippen molar-refractivity contribution in [3.63, 3.8) is 0 Å². The van der Waals surface area contributed by atoms with Gasteiger partial charge in [0.2, 0.25) is 0 Å². The predicted octanol–water partition coefficient (Wildman–Crippen LogP) is 1.88. The quantitative estimate of drug-likeness (QED) is 0.767. The summed E-state index contributed by atoms with van der Waals surface area (Å²) in [7, 11) is 1.82. The molecule has 0 aromatic heterocycles. The monoisotopic (exact) mass is 240 g/mol. The van der Waals surface area contributed by atoms with Gasteiger partial charge in [0.25, 0.3) is 0 Å². The number of likely N-dealkylation sites (tertiary alicyclic amines) is 1. The normalized spacial score (nSPS) is 34.6. The fourth-order valence-electron chi connectivity index (χ4n) is 3.48. The third-order valence-corrected chi connectivity index (χ3v) is 4.32.